The summed E-state index contributed by atoms with van der Waals surface area (Å²) in [5.41, 5.74) is 5.49. The van der Waals surface area contributed by atoms with Gasteiger partial charge in [0, 0.05) is 31.3 Å². The minimum atomic E-state index is 0.183. The van der Waals surface area contributed by atoms with Crippen molar-refractivity contribution in [2.45, 2.75) is 47.6 Å². The molecule has 0 atom stereocenters. The lowest BCUT2D eigenvalue weighted by atomic mass is 10.1. The van der Waals surface area contributed by atoms with E-state index in [1.165, 1.54) is 5.56 Å². The Morgan fingerprint density at radius 2 is 1.87 bits per heavy atom. The van der Waals surface area contributed by atoms with Crippen LogP contribution in [0.4, 0.5) is 0 Å². The molecule has 0 saturated heterocycles. The number of rotatable bonds is 5. The molecule has 0 aliphatic carbocycles. The Morgan fingerprint density at radius 3 is 2.48 bits per heavy atom. The zero-order chi connectivity index (χ0) is 17.1. The molecule has 124 valence electrons. The standard InChI is InChI=1S/C19H27N3O/c1-13(2)11-19(23)21(6)12-17-15(4)20-22(16(17)5)18-10-8-7-9-14(18)3/h7-10,13H,11-12H2,1-6H3. The van der Waals surface area contributed by atoms with E-state index in [0.717, 1.165) is 22.6 Å². The van der Waals surface area contributed by atoms with Gasteiger partial charge in [-0.3, -0.25) is 4.79 Å². The molecule has 1 aromatic heterocycles. The second kappa shape index (κ2) is 6.99. The van der Waals surface area contributed by atoms with Gasteiger partial charge in [-0.1, -0.05) is 32.0 Å². The minimum absolute atomic E-state index is 0.183. The van der Waals surface area contributed by atoms with Gasteiger partial charge in [-0.25, -0.2) is 4.68 Å². The molecular formula is C19H27N3O. The van der Waals surface area contributed by atoms with E-state index in [9.17, 15) is 4.79 Å². The van der Waals surface area contributed by atoms with E-state index in [0.29, 0.717) is 18.9 Å². The van der Waals surface area contributed by atoms with Gasteiger partial charge in [-0.15, -0.1) is 0 Å². The van der Waals surface area contributed by atoms with E-state index in [1.54, 1.807) is 4.90 Å². The number of hydrogen-bond acceptors (Lipinski definition) is 2. The third-order valence-electron chi connectivity index (χ3n) is 4.19. The first-order valence-corrected chi connectivity index (χ1v) is 8.16. The van der Waals surface area contributed by atoms with Gasteiger partial charge in [0.15, 0.2) is 0 Å². The molecule has 0 fully saturated rings. The number of para-hydroxylation sites is 1. The zero-order valence-corrected chi connectivity index (χ0v) is 15.1. The maximum atomic E-state index is 12.2. The Balaban J connectivity index is 2.28. The fourth-order valence-corrected chi connectivity index (χ4v) is 2.77. The SMILES string of the molecule is Cc1ccccc1-n1nc(C)c(CN(C)C(=O)CC(C)C)c1C. The first-order chi connectivity index (χ1) is 10.8. The lowest BCUT2D eigenvalue weighted by molar-refractivity contribution is -0.131. The van der Waals surface area contributed by atoms with Crippen LogP contribution in [0.25, 0.3) is 5.69 Å². The molecule has 0 unspecified atom stereocenters. The van der Waals surface area contributed by atoms with Gasteiger partial charge in [0.2, 0.25) is 5.91 Å². The van der Waals surface area contributed by atoms with E-state index in [4.69, 9.17) is 5.10 Å². The maximum absolute atomic E-state index is 12.2. The van der Waals surface area contributed by atoms with Crippen molar-refractivity contribution >= 4 is 5.91 Å². The normalized spacial score (nSPS) is 11.1. The molecule has 0 spiro atoms. The van der Waals surface area contributed by atoms with Gasteiger partial charge in [0.05, 0.1) is 11.4 Å². The van der Waals surface area contributed by atoms with Crippen LogP contribution in [0.15, 0.2) is 24.3 Å². The molecule has 1 aromatic carbocycles. The van der Waals surface area contributed by atoms with E-state index >= 15 is 0 Å². The second-order valence-electron chi connectivity index (χ2n) is 6.70. The van der Waals surface area contributed by atoms with Crippen molar-refractivity contribution in [2.24, 2.45) is 5.92 Å². The third kappa shape index (κ3) is 3.81. The molecule has 0 bridgehead atoms. The molecule has 0 aliphatic heterocycles. The number of nitrogens with zero attached hydrogens (tertiary/aromatic N) is 3. The molecule has 0 radical (unpaired) electrons. The van der Waals surface area contributed by atoms with Crippen LogP contribution in [0, 0.1) is 26.7 Å². The average Bonchev–Trinajstić information content (AvgIpc) is 2.75. The monoisotopic (exact) mass is 313 g/mol. The number of carbonyl (C=O) groups is 1. The largest absolute Gasteiger partial charge is 0.341 e. The van der Waals surface area contributed by atoms with Crippen LogP contribution < -0.4 is 0 Å². The summed E-state index contributed by atoms with van der Waals surface area (Å²) in [6.45, 7) is 10.9. The molecular weight excluding hydrogens is 286 g/mol. The van der Waals surface area contributed by atoms with Gasteiger partial charge in [-0.2, -0.15) is 5.10 Å². The summed E-state index contributed by atoms with van der Waals surface area (Å²) < 4.78 is 1.99. The fraction of sp³-hybridized carbons (Fsp3) is 0.474. The summed E-state index contributed by atoms with van der Waals surface area (Å²) in [4.78, 5) is 14.0. The highest BCUT2D eigenvalue weighted by molar-refractivity contribution is 5.76. The highest BCUT2D eigenvalue weighted by Crippen LogP contribution is 2.21. The quantitative estimate of drug-likeness (QED) is 0.842. The van der Waals surface area contributed by atoms with Crippen molar-refractivity contribution in [2.75, 3.05) is 7.05 Å². The topological polar surface area (TPSA) is 38.1 Å². The number of carbonyl (C=O) groups excluding carboxylic acids is 1. The van der Waals surface area contributed by atoms with Gasteiger partial charge < -0.3 is 4.90 Å². The van der Waals surface area contributed by atoms with Crippen molar-refractivity contribution in [3.63, 3.8) is 0 Å². The summed E-state index contributed by atoms with van der Waals surface area (Å²) in [7, 11) is 1.87. The summed E-state index contributed by atoms with van der Waals surface area (Å²) in [6.07, 6.45) is 0.584. The summed E-state index contributed by atoms with van der Waals surface area (Å²) in [5.74, 6) is 0.560. The summed E-state index contributed by atoms with van der Waals surface area (Å²) in [5, 5.41) is 4.69. The Hall–Kier alpha value is -2.10. The summed E-state index contributed by atoms with van der Waals surface area (Å²) >= 11 is 0. The minimum Gasteiger partial charge on any atom is -0.341 e. The molecule has 1 amide bonds. The molecule has 0 N–H and O–H groups in total. The second-order valence-corrected chi connectivity index (χ2v) is 6.70. The lowest BCUT2D eigenvalue weighted by Crippen LogP contribution is -2.27. The molecule has 23 heavy (non-hydrogen) atoms. The van der Waals surface area contributed by atoms with Crippen molar-refractivity contribution in [3.8, 4) is 5.69 Å². The Kier molecular flexibility index (Phi) is 5.24. The highest BCUT2D eigenvalue weighted by atomic mass is 16.2. The fourth-order valence-electron chi connectivity index (χ4n) is 2.77. The zero-order valence-electron chi connectivity index (χ0n) is 15.1. The van der Waals surface area contributed by atoms with Crippen LogP contribution in [-0.4, -0.2) is 27.6 Å². The van der Waals surface area contributed by atoms with Crippen molar-refractivity contribution in [3.05, 3.63) is 46.8 Å². The van der Waals surface area contributed by atoms with Crippen molar-refractivity contribution in [1.82, 2.24) is 14.7 Å². The molecule has 1 heterocycles. The van der Waals surface area contributed by atoms with Crippen LogP contribution in [0.5, 0.6) is 0 Å². The van der Waals surface area contributed by atoms with E-state index in [-0.39, 0.29) is 5.91 Å². The van der Waals surface area contributed by atoms with Crippen molar-refractivity contribution in [1.29, 1.82) is 0 Å². The number of aromatic nitrogens is 2. The maximum Gasteiger partial charge on any atom is 0.222 e. The van der Waals surface area contributed by atoms with Gasteiger partial charge in [0.25, 0.3) is 0 Å². The lowest BCUT2D eigenvalue weighted by Gasteiger charge is -2.18. The first kappa shape index (κ1) is 17.3. The van der Waals surface area contributed by atoms with E-state index < -0.39 is 0 Å². The molecule has 2 aromatic rings. The Morgan fingerprint density at radius 1 is 1.22 bits per heavy atom. The molecule has 4 heteroatoms. The predicted molar refractivity (Wildman–Crippen MR) is 93.7 cm³/mol. The number of amides is 1. The Bertz CT molecular complexity index is 701. The van der Waals surface area contributed by atoms with E-state index in [1.807, 2.05) is 30.8 Å². The van der Waals surface area contributed by atoms with Crippen LogP contribution in [0.3, 0.4) is 0 Å². The molecule has 2 rings (SSSR count). The van der Waals surface area contributed by atoms with Crippen LogP contribution in [-0.2, 0) is 11.3 Å². The number of aryl methyl sites for hydroxylation is 2. The molecule has 0 aliphatic rings. The van der Waals surface area contributed by atoms with Crippen molar-refractivity contribution < 1.29 is 4.79 Å². The number of hydrogen-bond donors (Lipinski definition) is 0. The van der Waals surface area contributed by atoms with Gasteiger partial charge in [-0.05, 0) is 38.3 Å². The smallest absolute Gasteiger partial charge is 0.222 e. The predicted octanol–water partition coefficient (Wildman–Crippen LogP) is 3.80. The Labute approximate surface area is 139 Å². The van der Waals surface area contributed by atoms with Crippen LogP contribution in [0.1, 0.15) is 42.8 Å². The highest BCUT2D eigenvalue weighted by Gasteiger charge is 2.18. The van der Waals surface area contributed by atoms with Gasteiger partial charge >= 0.3 is 0 Å². The average molecular weight is 313 g/mol. The first-order valence-electron chi connectivity index (χ1n) is 8.16. The molecule has 0 saturated carbocycles. The molecule has 4 nitrogen and oxygen atoms in total. The van der Waals surface area contributed by atoms with Crippen LogP contribution in [0.2, 0.25) is 0 Å². The van der Waals surface area contributed by atoms with Crippen LogP contribution >= 0.6 is 0 Å². The van der Waals surface area contributed by atoms with E-state index in [2.05, 4.69) is 39.8 Å². The van der Waals surface area contributed by atoms with Gasteiger partial charge in [0.1, 0.15) is 0 Å². The third-order valence-corrected chi connectivity index (χ3v) is 4.19. The number of benzene rings is 1. The summed E-state index contributed by atoms with van der Waals surface area (Å²) in [6, 6.07) is 8.22.